The van der Waals surface area contributed by atoms with Gasteiger partial charge in [-0.15, -0.1) is 0 Å². The second-order valence-corrected chi connectivity index (χ2v) is 15.8. The van der Waals surface area contributed by atoms with Gasteiger partial charge in [0.15, 0.2) is 5.65 Å². The molecule has 3 heterocycles. The molecule has 1 fully saturated rings. The van der Waals surface area contributed by atoms with E-state index in [9.17, 15) is 27.9 Å². The Kier molecular flexibility index (Phi) is 12.0. The number of rotatable bonds is 16. The summed E-state index contributed by atoms with van der Waals surface area (Å²) in [5.74, 6) is -1.68. The Hall–Kier alpha value is -4.86. The minimum absolute atomic E-state index is 0.0413. The summed E-state index contributed by atoms with van der Waals surface area (Å²) in [6, 6.07) is 16.0. The number of nitrogens with zero attached hydrogens (tertiary/aromatic N) is 5. The van der Waals surface area contributed by atoms with Gasteiger partial charge in [0.25, 0.3) is 5.91 Å². The summed E-state index contributed by atoms with van der Waals surface area (Å²) in [6.45, 7) is 6.99. The van der Waals surface area contributed by atoms with E-state index in [-0.39, 0.29) is 36.9 Å². The van der Waals surface area contributed by atoms with E-state index >= 15 is 0 Å². The molecule has 0 aliphatic carbocycles. The lowest BCUT2D eigenvalue weighted by molar-refractivity contribution is -0.136. The number of amides is 4. The quantitative estimate of drug-likeness (QED) is 0.146. The lowest BCUT2D eigenvalue weighted by Gasteiger charge is -2.32. The molecular formula is C37H47N7O7S. The van der Waals surface area contributed by atoms with Gasteiger partial charge in [0, 0.05) is 26.3 Å². The van der Waals surface area contributed by atoms with Crippen molar-refractivity contribution in [3.05, 3.63) is 84.3 Å². The van der Waals surface area contributed by atoms with E-state index in [1.165, 1.54) is 23.5 Å². The van der Waals surface area contributed by atoms with Crippen LogP contribution >= 0.6 is 0 Å². The number of ether oxygens (including phenoxy) is 1. The summed E-state index contributed by atoms with van der Waals surface area (Å²) in [5.41, 5.74) is 2.02. The molecule has 4 atom stereocenters. The number of imide groups is 1. The van der Waals surface area contributed by atoms with Crippen LogP contribution in [0.1, 0.15) is 39.1 Å². The lowest BCUT2D eigenvalue weighted by Crippen LogP contribution is -2.55. The second kappa shape index (κ2) is 16.2. The molecule has 1 aliphatic heterocycles. The number of carbonyl (C=O) groups excluding carboxylic acids is 3. The molecule has 14 nitrogen and oxygen atoms in total. The predicted octanol–water partition coefficient (Wildman–Crippen LogP) is 3.10. The highest BCUT2D eigenvalue weighted by atomic mass is 32.2. The van der Waals surface area contributed by atoms with Crippen LogP contribution in [0, 0.1) is 17.8 Å². The number of urea groups is 1. The highest BCUT2D eigenvalue weighted by Crippen LogP contribution is 2.26. The number of benzene rings is 2. The molecule has 4 aromatic rings. The van der Waals surface area contributed by atoms with Gasteiger partial charge in [0.2, 0.25) is 15.9 Å². The average molecular weight is 734 g/mol. The summed E-state index contributed by atoms with van der Waals surface area (Å²) in [6.07, 6.45) is 0.460. The fourth-order valence-electron chi connectivity index (χ4n) is 6.47. The molecule has 2 aromatic heterocycles. The number of nitrogens with one attached hydrogen (secondary N) is 2. The fourth-order valence-corrected chi connectivity index (χ4v) is 8.09. The minimum Gasteiger partial charge on any atom is -0.497 e. The number of carbonyl (C=O) groups is 3. The number of hydrogen-bond acceptors (Lipinski definition) is 9. The average Bonchev–Trinajstić information content (AvgIpc) is 3.57. The highest BCUT2D eigenvalue weighted by molar-refractivity contribution is 7.89. The summed E-state index contributed by atoms with van der Waals surface area (Å²) in [7, 11) is -0.814. The molecule has 3 N–H and O–H groups in total. The maximum absolute atomic E-state index is 14.2. The van der Waals surface area contributed by atoms with Crippen molar-refractivity contribution < 1.29 is 32.6 Å². The van der Waals surface area contributed by atoms with Gasteiger partial charge in [-0.05, 0) is 60.2 Å². The van der Waals surface area contributed by atoms with E-state index in [0.717, 1.165) is 10.5 Å². The first-order valence-corrected chi connectivity index (χ1v) is 18.7. The Morgan fingerprint density at radius 2 is 1.71 bits per heavy atom. The smallest absolute Gasteiger partial charge is 0.325 e. The first kappa shape index (κ1) is 38.4. The van der Waals surface area contributed by atoms with Gasteiger partial charge in [-0.1, -0.05) is 58.0 Å². The number of aromatic nitrogens is 3. The molecule has 0 bridgehead atoms. The Morgan fingerprint density at radius 3 is 2.33 bits per heavy atom. The molecule has 4 amide bonds. The third-order valence-electron chi connectivity index (χ3n) is 9.20. The van der Waals surface area contributed by atoms with Crippen LogP contribution in [0.5, 0.6) is 5.75 Å². The number of pyridine rings is 1. The summed E-state index contributed by atoms with van der Waals surface area (Å²) >= 11 is 0. The van der Waals surface area contributed by atoms with Gasteiger partial charge in [0.05, 0.1) is 36.6 Å². The van der Waals surface area contributed by atoms with E-state index in [0.29, 0.717) is 22.7 Å². The van der Waals surface area contributed by atoms with Crippen LogP contribution in [0.4, 0.5) is 4.79 Å². The van der Waals surface area contributed by atoms with Crippen molar-refractivity contribution in [3.8, 4) is 5.75 Å². The first-order chi connectivity index (χ1) is 24.7. The molecule has 1 aliphatic rings. The molecule has 52 heavy (non-hydrogen) atoms. The monoisotopic (exact) mass is 733 g/mol. The maximum Gasteiger partial charge on any atom is 0.325 e. The Labute approximate surface area is 304 Å². The lowest BCUT2D eigenvalue weighted by atomic mass is 9.86. The van der Waals surface area contributed by atoms with Gasteiger partial charge < -0.3 is 25.0 Å². The predicted molar refractivity (Wildman–Crippen MR) is 194 cm³/mol. The third-order valence-corrected chi connectivity index (χ3v) is 11.0. The van der Waals surface area contributed by atoms with E-state index < -0.39 is 57.9 Å². The van der Waals surface area contributed by atoms with E-state index in [1.807, 2.05) is 44.2 Å². The molecule has 0 saturated carbocycles. The van der Waals surface area contributed by atoms with Crippen molar-refractivity contribution in [1.82, 2.24) is 34.4 Å². The molecule has 15 heteroatoms. The molecule has 2 aromatic carbocycles. The molecule has 0 radical (unpaired) electrons. The van der Waals surface area contributed by atoms with Crippen molar-refractivity contribution in [1.29, 1.82) is 0 Å². The zero-order chi connectivity index (χ0) is 37.7. The van der Waals surface area contributed by atoms with Gasteiger partial charge >= 0.3 is 6.03 Å². The first-order valence-electron chi connectivity index (χ1n) is 17.3. The van der Waals surface area contributed by atoms with Crippen LogP contribution in [0.25, 0.3) is 11.2 Å². The highest BCUT2D eigenvalue weighted by Gasteiger charge is 2.47. The van der Waals surface area contributed by atoms with Crippen molar-refractivity contribution >= 4 is 39.0 Å². The van der Waals surface area contributed by atoms with Crippen LogP contribution < -0.4 is 15.4 Å². The van der Waals surface area contributed by atoms with E-state index in [2.05, 4.69) is 20.6 Å². The van der Waals surface area contributed by atoms with Crippen LogP contribution in [0.3, 0.4) is 0 Å². The molecule has 5 rings (SSSR count). The Balaban J connectivity index is 1.38. The largest absolute Gasteiger partial charge is 0.497 e. The number of aryl methyl sites for hydroxylation is 1. The summed E-state index contributed by atoms with van der Waals surface area (Å²) in [4.78, 5) is 51.2. The number of methoxy groups -OCH3 is 1. The number of sulfonamides is 1. The topological polar surface area (TPSA) is 176 Å². The zero-order valence-electron chi connectivity index (χ0n) is 30.3. The molecule has 1 saturated heterocycles. The molecule has 278 valence electrons. The second-order valence-electron chi connectivity index (χ2n) is 13.8. The number of imidazole rings is 1. The number of aliphatic hydroxyl groups excluding tert-OH is 1. The summed E-state index contributed by atoms with van der Waals surface area (Å²) < 4.78 is 35.9. The van der Waals surface area contributed by atoms with Gasteiger partial charge in [-0.2, -0.15) is 4.31 Å². The van der Waals surface area contributed by atoms with Crippen LogP contribution in [-0.2, 0) is 39.6 Å². The van der Waals surface area contributed by atoms with Crippen LogP contribution in [-0.4, -0.2) is 93.5 Å². The molecule has 0 spiro atoms. The van der Waals surface area contributed by atoms with Crippen molar-refractivity contribution in [2.75, 3.05) is 20.2 Å². The Bertz CT molecular complexity index is 1980. The number of hydrogen-bond donors (Lipinski definition) is 3. The third kappa shape index (κ3) is 8.43. The number of fused-ring (bicyclic) bond motifs is 1. The normalized spacial score (nSPS) is 16.8. The van der Waals surface area contributed by atoms with Crippen LogP contribution in [0.15, 0.2) is 77.8 Å². The molecule has 1 unspecified atom stereocenters. The van der Waals surface area contributed by atoms with Crippen molar-refractivity contribution in [2.45, 2.75) is 63.7 Å². The SMILES string of the molecule is COc1ccc(S(=O)(=O)N(CC(C)C)C[C@@H](O)[C@H](Cc2ccccc2)NC(=O)[C@@H](C(C)C)C2NC(=O)N(Cc3nc4cccnc4n3C)C2=O)cc1. The van der Waals surface area contributed by atoms with Gasteiger partial charge in [-0.25, -0.2) is 23.2 Å². The van der Waals surface area contributed by atoms with Crippen molar-refractivity contribution in [2.24, 2.45) is 24.8 Å². The van der Waals surface area contributed by atoms with Gasteiger partial charge in [0.1, 0.15) is 23.1 Å². The van der Waals surface area contributed by atoms with Crippen LogP contribution in [0.2, 0.25) is 0 Å². The number of aliphatic hydroxyl groups is 1. The standard InChI is InChI=1S/C37H47N7O7S/c1-23(2)20-43(52(49,50)27-16-14-26(51-6)15-17-27)21-30(45)29(19-25-11-8-7-9-12-25)40-35(46)32(24(3)4)33-36(47)44(37(48)41-33)22-31-39-28-13-10-18-38-34(28)42(31)5/h7-18,23-24,29-30,32-33,45H,19-22H2,1-6H3,(H,40,46)(H,41,48)/t29-,30+,32-,33?/m0/s1. The molecular weight excluding hydrogens is 687 g/mol. The zero-order valence-corrected chi connectivity index (χ0v) is 31.1. The minimum atomic E-state index is -4.05. The van der Waals surface area contributed by atoms with Gasteiger partial charge in [-0.3, -0.25) is 14.5 Å². The fraction of sp³-hybridized carbons (Fsp3) is 0.432. The summed E-state index contributed by atoms with van der Waals surface area (Å²) in [5, 5.41) is 17.4. The van der Waals surface area contributed by atoms with E-state index in [1.54, 1.807) is 55.9 Å². The Morgan fingerprint density at radius 1 is 1.02 bits per heavy atom. The van der Waals surface area contributed by atoms with E-state index in [4.69, 9.17) is 4.74 Å². The van der Waals surface area contributed by atoms with Crippen molar-refractivity contribution in [3.63, 3.8) is 0 Å². The maximum atomic E-state index is 14.2.